The van der Waals surface area contributed by atoms with Gasteiger partial charge in [-0.15, -0.1) is 0 Å². The zero-order valence-corrected chi connectivity index (χ0v) is 14.2. The molecule has 0 saturated carbocycles. The predicted molar refractivity (Wildman–Crippen MR) is 92.6 cm³/mol. The highest BCUT2D eigenvalue weighted by molar-refractivity contribution is 7.90. The minimum absolute atomic E-state index is 0.139. The van der Waals surface area contributed by atoms with E-state index in [-0.39, 0.29) is 10.8 Å². The van der Waals surface area contributed by atoms with Crippen LogP contribution in [0, 0.1) is 0 Å². The summed E-state index contributed by atoms with van der Waals surface area (Å²) < 4.78 is 23.1. The molecule has 1 amide bonds. The highest BCUT2D eigenvalue weighted by Gasteiger charge is 2.11. The van der Waals surface area contributed by atoms with E-state index in [1.165, 1.54) is 17.7 Å². The zero-order chi connectivity index (χ0) is 16.9. The van der Waals surface area contributed by atoms with Crippen LogP contribution in [0.25, 0.3) is 0 Å². The van der Waals surface area contributed by atoms with Crippen molar-refractivity contribution in [3.63, 3.8) is 0 Å². The van der Waals surface area contributed by atoms with Gasteiger partial charge < -0.3 is 5.32 Å². The number of unbranched alkanes of at least 4 members (excludes halogenated alkanes) is 1. The highest BCUT2D eigenvalue weighted by Crippen LogP contribution is 2.15. The molecule has 2 rings (SSSR count). The number of hydrogen-bond acceptors (Lipinski definition) is 3. The van der Waals surface area contributed by atoms with Gasteiger partial charge in [-0.25, -0.2) is 8.42 Å². The molecular formula is C18H21NO3S. The topological polar surface area (TPSA) is 63.2 Å². The number of amides is 1. The van der Waals surface area contributed by atoms with Gasteiger partial charge in [0, 0.05) is 17.5 Å². The normalized spacial score (nSPS) is 11.2. The van der Waals surface area contributed by atoms with E-state index in [2.05, 4.69) is 12.2 Å². The largest absolute Gasteiger partial charge is 0.322 e. The molecule has 5 heteroatoms. The summed E-state index contributed by atoms with van der Waals surface area (Å²) in [6, 6.07) is 13.8. The number of benzene rings is 2. The van der Waals surface area contributed by atoms with Gasteiger partial charge >= 0.3 is 0 Å². The number of aryl methyl sites for hydroxylation is 1. The second-order valence-corrected chi connectivity index (χ2v) is 7.57. The third-order valence-electron chi connectivity index (χ3n) is 3.56. The Bertz CT molecular complexity index is 780. The fourth-order valence-electron chi connectivity index (χ4n) is 2.21. The summed E-state index contributed by atoms with van der Waals surface area (Å²) in [6.45, 7) is 2.15. The minimum Gasteiger partial charge on any atom is -0.322 e. The molecule has 0 heterocycles. The molecule has 0 atom stereocenters. The summed E-state index contributed by atoms with van der Waals surface area (Å²) in [7, 11) is -3.33. The van der Waals surface area contributed by atoms with E-state index in [1.54, 1.807) is 12.1 Å². The van der Waals surface area contributed by atoms with Gasteiger partial charge in [0.05, 0.1) is 4.90 Å². The second-order valence-electron chi connectivity index (χ2n) is 5.55. The lowest BCUT2D eigenvalue weighted by Crippen LogP contribution is -2.12. The van der Waals surface area contributed by atoms with Crippen molar-refractivity contribution in [3.8, 4) is 0 Å². The molecule has 2 aromatic carbocycles. The first-order chi connectivity index (χ1) is 10.9. The third-order valence-corrected chi connectivity index (χ3v) is 4.67. The molecule has 0 unspecified atom stereocenters. The standard InChI is InChI=1S/C18H21NO3S/c1-3-4-6-14-9-11-16(12-10-14)19-18(20)15-7-5-8-17(13-15)23(2,21)22/h5,7-13H,3-4,6H2,1-2H3,(H,19,20). The van der Waals surface area contributed by atoms with Crippen LogP contribution in [0.3, 0.4) is 0 Å². The molecule has 122 valence electrons. The Labute approximate surface area is 137 Å². The SMILES string of the molecule is CCCCc1ccc(NC(=O)c2cccc(S(C)(=O)=O)c2)cc1. The lowest BCUT2D eigenvalue weighted by atomic mass is 10.1. The van der Waals surface area contributed by atoms with Crippen molar-refractivity contribution >= 4 is 21.4 Å². The van der Waals surface area contributed by atoms with Crippen LogP contribution in [0.2, 0.25) is 0 Å². The van der Waals surface area contributed by atoms with E-state index < -0.39 is 9.84 Å². The van der Waals surface area contributed by atoms with Crippen LogP contribution in [0.5, 0.6) is 0 Å². The van der Waals surface area contributed by atoms with Gasteiger partial charge in [-0.3, -0.25) is 4.79 Å². The Hall–Kier alpha value is -2.14. The monoisotopic (exact) mass is 331 g/mol. The van der Waals surface area contributed by atoms with Crippen molar-refractivity contribution in [2.75, 3.05) is 11.6 Å². The Kier molecular flexibility index (Phi) is 5.55. The van der Waals surface area contributed by atoms with Crippen molar-refractivity contribution in [1.82, 2.24) is 0 Å². The average Bonchev–Trinajstić information content (AvgIpc) is 2.53. The van der Waals surface area contributed by atoms with Crippen LogP contribution < -0.4 is 5.32 Å². The number of anilines is 1. The fraction of sp³-hybridized carbons (Fsp3) is 0.278. The Morgan fingerprint density at radius 3 is 2.39 bits per heavy atom. The van der Waals surface area contributed by atoms with Gasteiger partial charge in [-0.1, -0.05) is 31.5 Å². The third kappa shape index (κ3) is 4.93. The van der Waals surface area contributed by atoms with Gasteiger partial charge in [-0.2, -0.15) is 0 Å². The van der Waals surface area contributed by atoms with Gasteiger partial charge in [0.25, 0.3) is 5.91 Å². The number of sulfone groups is 1. The van der Waals surface area contributed by atoms with Crippen LogP contribution in [-0.4, -0.2) is 20.6 Å². The summed E-state index contributed by atoms with van der Waals surface area (Å²) in [5.74, 6) is -0.322. The molecule has 2 aromatic rings. The molecule has 0 aromatic heterocycles. The molecule has 0 bridgehead atoms. The molecule has 0 fully saturated rings. The number of nitrogens with one attached hydrogen (secondary N) is 1. The molecule has 1 N–H and O–H groups in total. The summed E-state index contributed by atoms with van der Waals surface area (Å²) in [4.78, 5) is 12.4. The first kappa shape index (κ1) is 17.2. The number of rotatable bonds is 6. The Morgan fingerprint density at radius 1 is 1.09 bits per heavy atom. The summed E-state index contributed by atoms with van der Waals surface area (Å²) in [5.41, 5.74) is 2.26. The Balaban J connectivity index is 2.10. The summed E-state index contributed by atoms with van der Waals surface area (Å²) >= 11 is 0. The van der Waals surface area contributed by atoms with E-state index in [4.69, 9.17) is 0 Å². The number of carbonyl (C=O) groups excluding carboxylic acids is 1. The fourth-order valence-corrected chi connectivity index (χ4v) is 2.87. The molecule has 0 spiro atoms. The van der Waals surface area contributed by atoms with Crippen molar-refractivity contribution < 1.29 is 13.2 Å². The van der Waals surface area contributed by atoms with E-state index >= 15 is 0 Å². The summed E-state index contributed by atoms with van der Waals surface area (Å²) in [6.07, 6.45) is 4.44. The van der Waals surface area contributed by atoms with E-state index in [9.17, 15) is 13.2 Å². The van der Waals surface area contributed by atoms with Crippen molar-refractivity contribution in [1.29, 1.82) is 0 Å². The van der Waals surface area contributed by atoms with Crippen molar-refractivity contribution in [2.24, 2.45) is 0 Å². The van der Waals surface area contributed by atoms with Gasteiger partial charge in [0.2, 0.25) is 0 Å². The summed E-state index contributed by atoms with van der Waals surface area (Å²) in [5, 5.41) is 2.79. The molecule has 4 nitrogen and oxygen atoms in total. The van der Waals surface area contributed by atoms with E-state index in [1.807, 2.05) is 24.3 Å². The van der Waals surface area contributed by atoms with E-state index in [0.717, 1.165) is 25.5 Å². The zero-order valence-electron chi connectivity index (χ0n) is 13.4. The van der Waals surface area contributed by atoms with Crippen LogP contribution in [0.15, 0.2) is 53.4 Å². The molecule has 0 saturated heterocycles. The maximum atomic E-state index is 12.2. The second kappa shape index (κ2) is 7.42. The molecular weight excluding hydrogens is 310 g/mol. The maximum Gasteiger partial charge on any atom is 0.255 e. The first-order valence-electron chi connectivity index (χ1n) is 7.60. The van der Waals surface area contributed by atoms with Crippen LogP contribution in [0.4, 0.5) is 5.69 Å². The van der Waals surface area contributed by atoms with Gasteiger partial charge in [-0.05, 0) is 48.7 Å². The van der Waals surface area contributed by atoms with Crippen LogP contribution >= 0.6 is 0 Å². The van der Waals surface area contributed by atoms with Crippen LogP contribution in [-0.2, 0) is 16.3 Å². The van der Waals surface area contributed by atoms with Crippen molar-refractivity contribution in [3.05, 3.63) is 59.7 Å². The minimum atomic E-state index is -3.33. The molecule has 23 heavy (non-hydrogen) atoms. The predicted octanol–water partition coefficient (Wildman–Crippen LogP) is 3.69. The van der Waals surface area contributed by atoms with Gasteiger partial charge in [0.1, 0.15) is 0 Å². The highest BCUT2D eigenvalue weighted by atomic mass is 32.2. The first-order valence-corrected chi connectivity index (χ1v) is 9.49. The lowest BCUT2D eigenvalue weighted by Gasteiger charge is -2.07. The van der Waals surface area contributed by atoms with Crippen LogP contribution in [0.1, 0.15) is 35.7 Å². The molecule has 0 aliphatic rings. The number of carbonyl (C=O) groups is 1. The maximum absolute atomic E-state index is 12.2. The molecule has 0 aliphatic heterocycles. The number of hydrogen-bond donors (Lipinski definition) is 1. The average molecular weight is 331 g/mol. The quantitative estimate of drug-likeness (QED) is 0.878. The van der Waals surface area contributed by atoms with E-state index in [0.29, 0.717) is 11.3 Å². The lowest BCUT2D eigenvalue weighted by molar-refractivity contribution is 0.102. The van der Waals surface area contributed by atoms with Crippen molar-refractivity contribution in [2.45, 2.75) is 31.1 Å². The molecule has 0 aliphatic carbocycles. The van der Waals surface area contributed by atoms with Gasteiger partial charge in [0.15, 0.2) is 9.84 Å². The smallest absolute Gasteiger partial charge is 0.255 e. The Morgan fingerprint density at radius 2 is 1.78 bits per heavy atom. The molecule has 0 radical (unpaired) electrons.